The Morgan fingerprint density at radius 3 is 2.48 bits per heavy atom. The molecular weight excluding hydrogens is 396 g/mol. The first kappa shape index (κ1) is 20.6. The third-order valence-corrected chi connectivity index (χ3v) is 5.22. The molecule has 1 fully saturated rings. The molecule has 1 aromatic heterocycles. The van der Waals surface area contributed by atoms with Crippen LogP contribution in [-0.4, -0.2) is 40.4 Å². The van der Waals surface area contributed by atoms with Gasteiger partial charge >= 0.3 is 5.97 Å². The molecular formula is C23H24N4O4. The number of nitrogens with zero attached hydrogens (tertiary/aromatic N) is 3. The minimum atomic E-state index is -0.533. The third-order valence-electron chi connectivity index (χ3n) is 5.22. The number of ether oxygens (including phenoxy) is 2. The fraction of sp³-hybridized carbons (Fsp3) is 0.304. The van der Waals surface area contributed by atoms with Gasteiger partial charge in [0.1, 0.15) is 18.4 Å². The first-order chi connectivity index (χ1) is 15.1. The van der Waals surface area contributed by atoms with Crippen molar-refractivity contribution in [2.45, 2.75) is 25.4 Å². The molecule has 3 aromatic rings. The van der Waals surface area contributed by atoms with Crippen LogP contribution >= 0.6 is 0 Å². The zero-order valence-electron chi connectivity index (χ0n) is 17.2. The Bertz CT molecular complexity index is 1010. The predicted molar refractivity (Wildman–Crippen MR) is 112 cm³/mol. The van der Waals surface area contributed by atoms with E-state index in [9.17, 15) is 9.59 Å². The van der Waals surface area contributed by atoms with Crippen molar-refractivity contribution >= 4 is 11.9 Å². The number of hydrogen-bond acceptors (Lipinski definition) is 6. The molecule has 8 nitrogen and oxygen atoms in total. The molecule has 0 spiro atoms. The lowest BCUT2D eigenvalue weighted by Crippen LogP contribution is -2.33. The van der Waals surface area contributed by atoms with Gasteiger partial charge in [0.15, 0.2) is 6.61 Å². The lowest BCUT2D eigenvalue weighted by Gasteiger charge is -2.19. The average Bonchev–Trinajstić information content (AvgIpc) is 3.52. The number of rotatable bonds is 9. The largest absolute Gasteiger partial charge is 0.497 e. The highest BCUT2D eigenvalue weighted by Gasteiger charge is 2.33. The number of benzene rings is 2. The Morgan fingerprint density at radius 1 is 1.13 bits per heavy atom. The molecule has 160 valence electrons. The number of nitrogens with one attached hydrogen (secondary N) is 1. The highest BCUT2D eigenvalue weighted by Crippen LogP contribution is 2.41. The summed E-state index contributed by atoms with van der Waals surface area (Å²) in [5.41, 5.74) is 2.39. The first-order valence-corrected chi connectivity index (χ1v) is 10.1. The SMILES string of the molecule is COc1ccc(C(NC(=O)COC(=O)c2ccc(Cn3cncn3)cc2)C2CC2)cc1. The number of methoxy groups -OCH3 is 1. The molecule has 1 saturated carbocycles. The van der Waals surface area contributed by atoms with E-state index < -0.39 is 5.97 Å². The van der Waals surface area contributed by atoms with E-state index in [1.54, 1.807) is 30.3 Å². The molecule has 1 N–H and O–H groups in total. The number of hydrogen-bond donors (Lipinski definition) is 1. The standard InChI is InChI=1S/C23H24N4O4/c1-30-20-10-8-18(9-11-20)22(17-6-7-17)26-21(28)13-31-23(29)19-4-2-16(3-5-19)12-27-15-24-14-25-27/h2-5,8-11,14-15,17,22H,6-7,12-13H2,1H3,(H,26,28). The summed E-state index contributed by atoms with van der Waals surface area (Å²) in [6, 6.07) is 14.6. The molecule has 31 heavy (non-hydrogen) atoms. The summed E-state index contributed by atoms with van der Waals surface area (Å²) in [7, 11) is 1.62. The van der Waals surface area contributed by atoms with E-state index in [0.29, 0.717) is 18.0 Å². The van der Waals surface area contributed by atoms with Gasteiger partial charge in [-0.05, 0) is 54.2 Å². The Morgan fingerprint density at radius 2 is 1.87 bits per heavy atom. The van der Waals surface area contributed by atoms with Crippen molar-refractivity contribution in [2.24, 2.45) is 5.92 Å². The molecule has 0 bridgehead atoms. The second-order valence-electron chi connectivity index (χ2n) is 7.52. The highest BCUT2D eigenvalue weighted by molar-refractivity contribution is 5.91. The number of carbonyl (C=O) groups excluding carboxylic acids is 2. The summed E-state index contributed by atoms with van der Waals surface area (Å²) in [5, 5.41) is 7.05. The zero-order chi connectivity index (χ0) is 21.6. The monoisotopic (exact) mass is 420 g/mol. The van der Waals surface area contributed by atoms with Gasteiger partial charge in [0, 0.05) is 0 Å². The summed E-state index contributed by atoms with van der Waals surface area (Å²) < 4.78 is 12.1. The summed E-state index contributed by atoms with van der Waals surface area (Å²) in [6.07, 6.45) is 5.23. The molecule has 0 radical (unpaired) electrons. The van der Waals surface area contributed by atoms with Crippen molar-refractivity contribution in [3.8, 4) is 5.75 Å². The molecule has 4 rings (SSSR count). The number of esters is 1. The maximum Gasteiger partial charge on any atom is 0.338 e. The minimum Gasteiger partial charge on any atom is -0.497 e. The van der Waals surface area contributed by atoms with Crippen LogP contribution < -0.4 is 10.1 Å². The van der Waals surface area contributed by atoms with Crippen molar-refractivity contribution in [1.82, 2.24) is 20.1 Å². The summed E-state index contributed by atoms with van der Waals surface area (Å²) in [4.78, 5) is 28.6. The smallest absolute Gasteiger partial charge is 0.338 e. The molecule has 1 aliphatic rings. The average molecular weight is 420 g/mol. The Hall–Kier alpha value is -3.68. The maximum atomic E-state index is 12.4. The number of amides is 1. The van der Waals surface area contributed by atoms with Crippen molar-refractivity contribution in [3.63, 3.8) is 0 Å². The van der Waals surface area contributed by atoms with Gasteiger partial charge in [-0.1, -0.05) is 24.3 Å². The summed E-state index contributed by atoms with van der Waals surface area (Å²) in [5.74, 6) is 0.329. The molecule has 1 heterocycles. The van der Waals surface area contributed by atoms with E-state index in [-0.39, 0.29) is 18.6 Å². The topological polar surface area (TPSA) is 95.3 Å². The zero-order valence-corrected chi connectivity index (χ0v) is 17.2. The second kappa shape index (κ2) is 9.42. The van der Waals surface area contributed by atoms with Crippen molar-refractivity contribution in [2.75, 3.05) is 13.7 Å². The molecule has 0 saturated heterocycles. The first-order valence-electron chi connectivity index (χ1n) is 10.1. The number of carbonyl (C=O) groups is 2. The van der Waals surface area contributed by atoms with Crippen LogP contribution in [0.25, 0.3) is 0 Å². The lowest BCUT2D eigenvalue weighted by atomic mass is 10.0. The van der Waals surface area contributed by atoms with E-state index in [1.807, 2.05) is 36.4 Å². The van der Waals surface area contributed by atoms with Crippen molar-refractivity contribution in [3.05, 3.63) is 77.9 Å². The van der Waals surface area contributed by atoms with Crippen LogP contribution in [0.5, 0.6) is 5.75 Å². The van der Waals surface area contributed by atoms with Gasteiger partial charge in [-0.25, -0.2) is 14.5 Å². The van der Waals surface area contributed by atoms with E-state index in [1.165, 1.54) is 6.33 Å². The van der Waals surface area contributed by atoms with E-state index in [0.717, 1.165) is 29.7 Å². The molecule has 1 aliphatic carbocycles. The Labute approximate surface area is 180 Å². The van der Waals surface area contributed by atoms with Crippen LogP contribution in [0, 0.1) is 5.92 Å². The van der Waals surface area contributed by atoms with Gasteiger partial charge in [-0.15, -0.1) is 0 Å². The highest BCUT2D eigenvalue weighted by atomic mass is 16.5. The van der Waals surface area contributed by atoms with E-state index in [2.05, 4.69) is 15.4 Å². The summed E-state index contributed by atoms with van der Waals surface area (Å²) >= 11 is 0. The second-order valence-corrected chi connectivity index (χ2v) is 7.52. The van der Waals surface area contributed by atoms with Crippen LogP contribution in [0.1, 0.15) is 40.4 Å². The molecule has 1 atom stereocenters. The summed E-state index contributed by atoms with van der Waals surface area (Å²) in [6.45, 7) is 0.241. The van der Waals surface area contributed by atoms with E-state index in [4.69, 9.17) is 9.47 Å². The molecule has 1 unspecified atom stereocenters. The quantitative estimate of drug-likeness (QED) is 0.535. The van der Waals surface area contributed by atoms with Crippen LogP contribution in [0.15, 0.2) is 61.2 Å². The maximum absolute atomic E-state index is 12.4. The predicted octanol–water partition coefficient (Wildman–Crippen LogP) is 2.76. The van der Waals surface area contributed by atoms with Crippen molar-refractivity contribution < 1.29 is 19.1 Å². The van der Waals surface area contributed by atoms with Gasteiger partial charge in [0.25, 0.3) is 5.91 Å². The third kappa shape index (κ3) is 5.48. The normalized spacial score (nSPS) is 14.0. The fourth-order valence-electron chi connectivity index (χ4n) is 3.39. The Balaban J connectivity index is 1.29. The van der Waals surface area contributed by atoms with Crippen molar-refractivity contribution in [1.29, 1.82) is 0 Å². The molecule has 1 amide bonds. The van der Waals surface area contributed by atoms with Crippen LogP contribution in [0.2, 0.25) is 0 Å². The molecule has 2 aromatic carbocycles. The minimum absolute atomic E-state index is 0.0897. The molecule has 0 aliphatic heterocycles. The van der Waals surface area contributed by atoms with Gasteiger partial charge in [-0.3, -0.25) is 4.79 Å². The van der Waals surface area contributed by atoms with Crippen LogP contribution in [0.3, 0.4) is 0 Å². The van der Waals surface area contributed by atoms with Gasteiger partial charge < -0.3 is 14.8 Å². The van der Waals surface area contributed by atoms with Crippen LogP contribution in [-0.2, 0) is 16.1 Å². The van der Waals surface area contributed by atoms with Crippen LogP contribution in [0.4, 0.5) is 0 Å². The van der Waals surface area contributed by atoms with E-state index >= 15 is 0 Å². The van der Waals surface area contributed by atoms with Gasteiger partial charge in [-0.2, -0.15) is 5.10 Å². The lowest BCUT2D eigenvalue weighted by molar-refractivity contribution is -0.125. The Kier molecular flexibility index (Phi) is 6.26. The number of aromatic nitrogens is 3. The van der Waals surface area contributed by atoms with Gasteiger partial charge in [0.2, 0.25) is 0 Å². The fourth-order valence-corrected chi connectivity index (χ4v) is 3.39. The molecule has 8 heteroatoms. The van der Waals surface area contributed by atoms with Gasteiger partial charge in [0.05, 0.1) is 25.3 Å².